The third-order valence-electron chi connectivity index (χ3n) is 5.27. The minimum Gasteiger partial charge on any atom is -0.487 e. The summed E-state index contributed by atoms with van der Waals surface area (Å²) in [6, 6.07) is 3.23. The Morgan fingerprint density at radius 2 is 1.96 bits per heavy atom. The van der Waals surface area contributed by atoms with Crippen molar-refractivity contribution in [1.82, 2.24) is 14.5 Å². The van der Waals surface area contributed by atoms with Crippen LogP contribution in [0.2, 0.25) is 0 Å². The van der Waals surface area contributed by atoms with Crippen molar-refractivity contribution in [3.63, 3.8) is 0 Å². The second-order valence-electron chi connectivity index (χ2n) is 6.94. The van der Waals surface area contributed by atoms with Gasteiger partial charge in [-0.1, -0.05) is 0 Å². The van der Waals surface area contributed by atoms with Crippen molar-refractivity contribution in [2.45, 2.75) is 44.2 Å². The second kappa shape index (κ2) is 7.08. The Hall–Kier alpha value is -2.62. The first-order chi connectivity index (χ1) is 13.4. The highest BCUT2D eigenvalue weighted by Gasteiger charge is 2.44. The largest absolute Gasteiger partial charge is 0.487 e. The molecule has 148 valence electrons. The van der Waals surface area contributed by atoms with Crippen LogP contribution in [0.5, 0.6) is 5.75 Å². The number of hydrogen-bond donors (Lipinski definition) is 3. The third kappa shape index (κ3) is 3.01. The highest BCUT2D eigenvalue weighted by atomic mass is 19.2. The first-order valence-electron chi connectivity index (χ1n) is 8.89. The van der Waals surface area contributed by atoms with Gasteiger partial charge in [0.15, 0.2) is 11.6 Å². The van der Waals surface area contributed by atoms with Gasteiger partial charge in [0.05, 0.1) is 11.7 Å². The zero-order valence-electron chi connectivity index (χ0n) is 15.1. The summed E-state index contributed by atoms with van der Waals surface area (Å²) >= 11 is 0. The van der Waals surface area contributed by atoms with Gasteiger partial charge in [-0.05, 0) is 19.1 Å². The fourth-order valence-corrected chi connectivity index (χ4v) is 3.73. The Balaban J connectivity index is 1.63. The van der Waals surface area contributed by atoms with Gasteiger partial charge in [-0.15, -0.1) is 0 Å². The van der Waals surface area contributed by atoms with E-state index in [-0.39, 0.29) is 24.3 Å². The van der Waals surface area contributed by atoms with E-state index in [9.17, 15) is 19.0 Å². The molecule has 9 heteroatoms. The molecule has 3 aromatic rings. The van der Waals surface area contributed by atoms with Gasteiger partial charge < -0.3 is 25.3 Å². The summed E-state index contributed by atoms with van der Waals surface area (Å²) in [5.41, 5.74) is 7.31. The molecular weight excluding hydrogens is 370 g/mol. The van der Waals surface area contributed by atoms with E-state index in [0.717, 1.165) is 23.2 Å². The molecule has 4 atom stereocenters. The van der Waals surface area contributed by atoms with Crippen molar-refractivity contribution < 1.29 is 23.7 Å². The third-order valence-corrected chi connectivity index (χ3v) is 5.27. The SMILES string of the molecule is Cc1ncnc2c1ccn2[C@@H]1CC(Oc2cc(F)c(F)cc2CN)[C@@H](O)[C@H]1O. The first-order valence-corrected chi connectivity index (χ1v) is 8.89. The Bertz CT molecular complexity index is 1030. The number of nitrogens with zero attached hydrogens (tertiary/aromatic N) is 3. The van der Waals surface area contributed by atoms with Gasteiger partial charge in [0.1, 0.15) is 36.0 Å². The number of fused-ring (bicyclic) bond motifs is 1. The molecule has 4 N–H and O–H groups in total. The van der Waals surface area contributed by atoms with E-state index >= 15 is 0 Å². The Morgan fingerprint density at radius 3 is 2.71 bits per heavy atom. The van der Waals surface area contributed by atoms with Crippen molar-refractivity contribution in [3.05, 3.63) is 53.6 Å². The summed E-state index contributed by atoms with van der Waals surface area (Å²) in [5, 5.41) is 21.9. The first kappa shape index (κ1) is 18.7. The van der Waals surface area contributed by atoms with Gasteiger partial charge >= 0.3 is 0 Å². The van der Waals surface area contributed by atoms with Crippen molar-refractivity contribution >= 4 is 11.0 Å². The number of benzene rings is 1. The van der Waals surface area contributed by atoms with Crippen molar-refractivity contribution in [1.29, 1.82) is 0 Å². The summed E-state index contributed by atoms with van der Waals surface area (Å²) < 4.78 is 34.6. The van der Waals surface area contributed by atoms with Crippen LogP contribution in [0.25, 0.3) is 11.0 Å². The smallest absolute Gasteiger partial charge is 0.162 e. The standard InChI is InChI=1S/C19H20F2N4O3/c1-9-11-2-3-25(19(11)24-8-23-9)14-6-16(18(27)17(14)26)28-15-5-13(21)12(20)4-10(15)7-22/h2-5,8,14,16-18,26-27H,6-7,22H2,1H3/t14-,16?,17+,18-/m1/s1. The molecule has 1 aliphatic carbocycles. The Morgan fingerprint density at radius 1 is 1.21 bits per heavy atom. The highest BCUT2D eigenvalue weighted by molar-refractivity contribution is 5.78. The summed E-state index contributed by atoms with van der Waals surface area (Å²) in [5.74, 6) is -2.04. The predicted octanol–water partition coefficient (Wildman–Crippen LogP) is 1.59. The molecule has 1 aliphatic rings. The molecule has 2 heterocycles. The van der Waals surface area contributed by atoms with Gasteiger partial charge in [0.2, 0.25) is 0 Å². The van der Waals surface area contributed by atoms with Crippen LogP contribution in [0, 0.1) is 18.6 Å². The Labute approximate surface area is 159 Å². The molecule has 1 unspecified atom stereocenters. The molecule has 0 saturated heterocycles. The average molecular weight is 390 g/mol. The van der Waals surface area contributed by atoms with E-state index in [1.807, 2.05) is 13.0 Å². The zero-order valence-corrected chi connectivity index (χ0v) is 15.1. The molecule has 0 radical (unpaired) electrons. The molecule has 1 fully saturated rings. The number of nitrogens with two attached hydrogens (primary N) is 1. The average Bonchev–Trinajstić information content (AvgIpc) is 3.22. The maximum absolute atomic E-state index is 13.6. The number of hydrogen-bond acceptors (Lipinski definition) is 6. The zero-order chi connectivity index (χ0) is 20.0. The van der Waals surface area contributed by atoms with Crippen LogP contribution in [0.1, 0.15) is 23.7 Å². The molecular formula is C19H20F2N4O3. The van der Waals surface area contributed by atoms with Gasteiger partial charge in [-0.2, -0.15) is 0 Å². The van der Waals surface area contributed by atoms with Crippen molar-refractivity contribution in [3.8, 4) is 5.75 Å². The molecule has 0 amide bonds. The summed E-state index contributed by atoms with van der Waals surface area (Å²) in [4.78, 5) is 8.42. The van der Waals surface area contributed by atoms with Crippen LogP contribution in [-0.2, 0) is 6.54 Å². The van der Waals surface area contributed by atoms with Gasteiger partial charge in [-0.3, -0.25) is 0 Å². The fourth-order valence-electron chi connectivity index (χ4n) is 3.73. The van der Waals surface area contributed by atoms with Crippen LogP contribution >= 0.6 is 0 Å². The Kier molecular flexibility index (Phi) is 4.74. The summed E-state index contributed by atoms with van der Waals surface area (Å²) in [7, 11) is 0. The van der Waals surface area contributed by atoms with Gasteiger partial charge in [-0.25, -0.2) is 18.7 Å². The van der Waals surface area contributed by atoms with Crippen LogP contribution in [-0.4, -0.2) is 43.1 Å². The summed E-state index contributed by atoms with van der Waals surface area (Å²) in [6.07, 6.45) is 0.299. The maximum Gasteiger partial charge on any atom is 0.162 e. The van der Waals surface area contributed by atoms with Crippen molar-refractivity contribution in [2.24, 2.45) is 5.73 Å². The van der Waals surface area contributed by atoms with E-state index in [4.69, 9.17) is 10.5 Å². The molecule has 1 saturated carbocycles. The normalized spacial score (nSPS) is 24.8. The number of aliphatic hydroxyl groups excluding tert-OH is 2. The van der Waals surface area contributed by atoms with E-state index in [1.165, 1.54) is 6.33 Å². The number of rotatable bonds is 4. The minimum absolute atomic E-state index is 0.0498. The molecule has 4 rings (SSSR count). The molecule has 2 aromatic heterocycles. The van der Waals surface area contributed by atoms with E-state index in [0.29, 0.717) is 5.65 Å². The van der Waals surface area contributed by atoms with Gasteiger partial charge in [0, 0.05) is 36.2 Å². The molecule has 0 bridgehead atoms. The van der Waals surface area contributed by atoms with E-state index in [1.54, 1.807) is 10.8 Å². The molecule has 1 aromatic carbocycles. The maximum atomic E-state index is 13.6. The second-order valence-corrected chi connectivity index (χ2v) is 6.94. The van der Waals surface area contributed by atoms with Crippen LogP contribution in [0.15, 0.2) is 30.7 Å². The lowest BCUT2D eigenvalue weighted by molar-refractivity contribution is -0.0166. The predicted molar refractivity (Wildman–Crippen MR) is 96.6 cm³/mol. The fraction of sp³-hybridized carbons (Fsp3) is 0.368. The summed E-state index contributed by atoms with van der Waals surface area (Å²) in [6.45, 7) is 1.80. The minimum atomic E-state index is -1.22. The number of aromatic nitrogens is 3. The van der Waals surface area contributed by atoms with Gasteiger partial charge in [0.25, 0.3) is 0 Å². The van der Waals surface area contributed by atoms with Crippen LogP contribution in [0.4, 0.5) is 8.78 Å². The molecule has 0 aliphatic heterocycles. The number of aliphatic hydroxyl groups is 2. The highest BCUT2D eigenvalue weighted by Crippen LogP contribution is 2.36. The monoisotopic (exact) mass is 390 g/mol. The lowest BCUT2D eigenvalue weighted by Gasteiger charge is -2.20. The lowest BCUT2D eigenvalue weighted by atomic mass is 10.1. The molecule has 0 spiro atoms. The van der Waals surface area contributed by atoms with Crippen LogP contribution in [0.3, 0.4) is 0 Å². The number of aryl methyl sites for hydroxylation is 1. The van der Waals surface area contributed by atoms with Crippen molar-refractivity contribution in [2.75, 3.05) is 0 Å². The topological polar surface area (TPSA) is 106 Å². The lowest BCUT2D eigenvalue weighted by Crippen LogP contribution is -2.34. The number of halogens is 2. The number of ether oxygens (including phenoxy) is 1. The quantitative estimate of drug-likeness (QED) is 0.625. The van der Waals surface area contributed by atoms with Crippen LogP contribution < -0.4 is 10.5 Å². The van der Waals surface area contributed by atoms with E-state index < -0.39 is 36.0 Å². The molecule has 7 nitrogen and oxygen atoms in total. The van der Waals surface area contributed by atoms with E-state index in [2.05, 4.69) is 9.97 Å². The molecule has 28 heavy (non-hydrogen) atoms.